The van der Waals surface area contributed by atoms with Gasteiger partial charge < -0.3 is 0 Å². The molecule has 0 aliphatic carbocycles. The molecule has 0 heterocycles. The molecule has 0 unspecified atom stereocenters. The molecule has 0 spiro atoms. The van der Waals surface area contributed by atoms with Gasteiger partial charge >= 0.3 is 132 Å². The molecule has 193 valence electrons. The number of rotatable bonds is 6. The van der Waals surface area contributed by atoms with Gasteiger partial charge in [0.25, 0.3) is 0 Å². The average Bonchev–Trinajstić information content (AvgIpc) is 3.02. The van der Waals surface area contributed by atoms with E-state index in [9.17, 15) is 0 Å². The van der Waals surface area contributed by atoms with E-state index in [1.807, 2.05) is 0 Å². The minimum absolute atomic E-state index is 0.446. The van der Waals surface area contributed by atoms with E-state index in [1.165, 1.54) is 35.9 Å². The standard InChI is InChI=1S/C18H15P.C18H14P.Pd/c2*1-4-10-16(11-5-1)19(17-12-6-2-7-13-17)18-14-8-3-9-15-18;/h1-15H;1-14H;. The topological polar surface area (TPSA) is 0 Å². The molecule has 0 saturated heterocycles. The minimum Gasteiger partial charge on any atom is -0.0622 e. The fourth-order valence-corrected chi connectivity index (χ4v) is 9.79. The Kier molecular flexibility index (Phi) is 10.0. The van der Waals surface area contributed by atoms with Gasteiger partial charge in [0.1, 0.15) is 0 Å². The van der Waals surface area contributed by atoms with E-state index in [2.05, 4.69) is 195 Å². The van der Waals surface area contributed by atoms with Crippen LogP contribution in [0.2, 0.25) is 0 Å². The first-order valence-corrected chi connectivity index (χ1v) is 16.3. The maximum Gasteiger partial charge on any atom is -0.0134 e. The molecule has 3 heteroatoms. The number of benzene rings is 6. The first-order chi connectivity index (χ1) is 19.3. The first-order valence-electron chi connectivity index (χ1n) is 12.9. The SMILES string of the molecule is [Pd][c]1ccccc1P(c1ccccc1)c1ccccc1.c1ccc(P(c2ccccc2)c2ccccc2)cc1. The van der Waals surface area contributed by atoms with Gasteiger partial charge in [-0.15, -0.1) is 0 Å². The van der Waals surface area contributed by atoms with Crippen molar-refractivity contribution in [2.45, 2.75) is 0 Å². The summed E-state index contributed by atoms with van der Waals surface area (Å²) >= 11 is 3.41. The molecular formula is C36H29P2Pd. The van der Waals surface area contributed by atoms with Gasteiger partial charge in [0.15, 0.2) is 0 Å². The quantitative estimate of drug-likeness (QED) is 0.155. The first kappa shape index (κ1) is 27.4. The van der Waals surface area contributed by atoms with Crippen molar-refractivity contribution in [1.82, 2.24) is 0 Å². The summed E-state index contributed by atoms with van der Waals surface area (Å²) in [5.41, 5.74) is 0. The van der Waals surface area contributed by atoms with Crippen LogP contribution in [0.15, 0.2) is 176 Å². The summed E-state index contributed by atoms with van der Waals surface area (Å²) < 4.78 is 1.22. The molecule has 0 saturated carbocycles. The summed E-state index contributed by atoms with van der Waals surface area (Å²) in [5.74, 6) is 0. The van der Waals surface area contributed by atoms with E-state index in [0.29, 0.717) is 0 Å². The zero-order valence-corrected chi connectivity index (χ0v) is 24.8. The molecule has 0 N–H and O–H groups in total. The van der Waals surface area contributed by atoms with Crippen molar-refractivity contribution in [2.75, 3.05) is 0 Å². The predicted octanol–water partition coefficient (Wildman–Crippen LogP) is 6.06. The molecule has 0 fully saturated rings. The largest absolute Gasteiger partial charge is 0.0622 e. The third-order valence-corrected chi connectivity index (χ3v) is 12.0. The van der Waals surface area contributed by atoms with Crippen LogP contribution in [0.25, 0.3) is 0 Å². The van der Waals surface area contributed by atoms with E-state index in [1.54, 1.807) is 0 Å². The third kappa shape index (κ3) is 7.28. The number of hydrogen-bond acceptors (Lipinski definition) is 0. The summed E-state index contributed by atoms with van der Waals surface area (Å²) in [5, 5.41) is 8.33. The summed E-state index contributed by atoms with van der Waals surface area (Å²) in [4.78, 5) is 0. The molecule has 6 aromatic rings. The van der Waals surface area contributed by atoms with Gasteiger partial charge in [-0.05, 0) is 23.8 Å². The van der Waals surface area contributed by atoms with Crippen molar-refractivity contribution in [1.29, 1.82) is 0 Å². The van der Waals surface area contributed by atoms with Crippen LogP contribution in [-0.2, 0) is 19.2 Å². The van der Waals surface area contributed by atoms with Crippen molar-refractivity contribution in [2.24, 2.45) is 0 Å². The van der Waals surface area contributed by atoms with Gasteiger partial charge in [-0.2, -0.15) is 0 Å². The Labute approximate surface area is 245 Å². The maximum atomic E-state index is 3.41. The van der Waals surface area contributed by atoms with Gasteiger partial charge in [-0.25, -0.2) is 0 Å². The van der Waals surface area contributed by atoms with E-state index in [-0.39, 0.29) is 0 Å². The fourth-order valence-electron chi connectivity index (χ4n) is 4.37. The zero-order valence-electron chi connectivity index (χ0n) is 21.5. The molecular weight excluding hydrogens is 601 g/mol. The molecule has 39 heavy (non-hydrogen) atoms. The van der Waals surface area contributed by atoms with Crippen LogP contribution in [0.4, 0.5) is 0 Å². The van der Waals surface area contributed by atoms with Crippen LogP contribution in [0, 0.1) is 0 Å². The molecule has 0 aromatic heterocycles. The van der Waals surface area contributed by atoms with Gasteiger partial charge in [0.2, 0.25) is 0 Å². The molecule has 0 bridgehead atoms. The zero-order chi connectivity index (χ0) is 26.7. The van der Waals surface area contributed by atoms with Crippen molar-refractivity contribution in [3.8, 4) is 0 Å². The Morgan fingerprint density at radius 2 is 0.538 bits per heavy atom. The van der Waals surface area contributed by atoms with Gasteiger partial charge in [0, 0.05) is 0 Å². The third-order valence-electron chi connectivity index (χ3n) is 6.14. The van der Waals surface area contributed by atoms with E-state index < -0.39 is 15.8 Å². The monoisotopic (exact) mass is 629 g/mol. The molecule has 0 amide bonds. The van der Waals surface area contributed by atoms with Crippen LogP contribution < -0.4 is 35.9 Å². The second-order valence-electron chi connectivity index (χ2n) is 8.77. The smallest absolute Gasteiger partial charge is 0.0134 e. The Morgan fingerprint density at radius 3 is 0.846 bits per heavy atom. The summed E-state index contributed by atoms with van der Waals surface area (Å²) in [6.45, 7) is 0. The molecule has 0 atom stereocenters. The predicted molar refractivity (Wildman–Crippen MR) is 170 cm³/mol. The normalized spacial score (nSPS) is 10.7. The Morgan fingerprint density at radius 1 is 0.282 bits per heavy atom. The molecule has 0 aliphatic rings. The van der Waals surface area contributed by atoms with Crippen LogP contribution in [-0.4, -0.2) is 0 Å². The van der Waals surface area contributed by atoms with Gasteiger partial charge in [-0.3, -0.25) is 0 Å². The number of hydrogen-bond donors (Lipinski definition) is 0. The molecule has 0 nitrogen and oxygen atoms in total. The van der Waals surface area contributed by atoms with E-state index in [4.69, 9.17) is 0 Å². The summed E-state index contributed by atoms with van der Waals surface area (Å²) in [7, 11) is -0.950. The van der Waals surface area contributed by atoms with Gasteiger partial charge in [-0.1, -0.05) is 91.0 Å². The fraction of sp³-hybridized carbons (Fsp3) is 0. The molecule has 6 rings (SSSR count). The molecule has 0 radical (unpaired) electrons. The van der Waals surface area contributed by atoms with E-state index >= 15 is 0 Å². The van der Waals surface area contributed by atoms with Crippen molar-refractivity contribution < 1.29 is 19.2 Å². The van der Waals surface area contributed by atoms with Crippen molar-refractivity contribution >= 4 is 51.7 Å². The Bertz CT molecular complexity index is 1410. The van der Waals surface area contributed by atoms with Crippen molar-refractivity contribution in [3.63, 3.8) is 0 Å². The summed E-state index contributed by atoms with van der Waals surface area (Å²) in [6, 6.07) is 62.4. The molecule has 0 aliphatic heterocycles. The molecule has 6 aromatic carbocycles. The average molecular weight is 630 g/mol. The van der Waals surface area contributed by atoms with E-state index in [0.717, 1.165) is 0 Å². The maximum absolute atomic E-state index is 3.41. The Hall–Kier alpha value is -3.16. The van der Waals surface area contributed by atoms with Gasteiger partial charge in [0.05, 0.1) is 0 Å². The summed E-state index contributed by atoms with van der Waals surface area (Å²) in [6.07, 6.45) is 0. The second kappa shape index (κ2) is 14.3. The van der Waals surface area contributed by atoms with Crippen LogP contribution >= 0.6 is 15.8 Å². The second-order valence-corrected chi connectivity index (χ2v) is 14.0. The van der Waals surface area contributed by atoms with Crippen LogP contribution in [0.3, 0.4) is 0 Å². The Balaban J connectivity index is 0.000000158. The van der Waals surface area contributed by atoms with Crippen LogP contribution in [0.1, 0.15) is 0 Å². The van der Waals surface area contributed by atoms with Crippen LogP contribution in [0.5, 0.6) is 0 Å². The van der Waals surface area contributed by atoms with Crippen molar-refractivity contribution in [3.05, 3.63) is 176 Å². The minimum atomic E-state index is -0.504.